The van der Waals surface area contributed by atoms with Gasteiger partial charge in [0.25, 0.3) is 5.69 Å². The maximum atomic E-state index is 12.4. The molecule has 0 spiro atoms. The van der Waals surface area contributed by atoms with Crippen LogP contribution in [0.1, 0.15) is 15.9 Å². The summed E-state index contributed by atoms with van der Waals surface area (Å²) in [6.45, 7) is 0.0161. The lowest BCUT2D eigenvalue weighted by molar-refractivity contribution is -0.384. The molecule has 0 radical (unpaired) electrons. The normalized spacial score (nSPS) is 10.2. The van der Waals surface area contributed by atoms with Crippen LogP contribution in [0.3, 0.4) is 0 Å². The molecule has 8 nitrogen and oxygen atoms in total. The molecule has 0 bridgehead atoms. The molecule has 132 valence electrons. The van der Waals surface area contributed by atoms with Crippen molar-refractivity contribution in [3.63, 3.8) is 0 Å². The molecule has 0 atom stereocenters. The molecular formula is C17H18N2O6. The molecule has 0 saturated carbocycles. The van der Waals surface area contributed by atoms with Crippen LogP contribution in [0.5, 0.6) is 5.75 Å². The zero-order valence-electron chi connectivity index (χ0n) is 13.6. The first-order chi connectivity index (χ1) is 12.1. The number of nitrogens with zero attached hydrogens (tertiary/aromatic N) is 1. The SMILES string of the molecule is COc1ccccc1COC(=O)c1cc([N+](=O)[O-])ccc1NCCO. The van der Waals surface area contributed by atoms with Crippen molar-refractivity contribution in [2.45, 2.75) is 6.61 Å². The molecule has 0 amide bonds. The number of hydrogen-bond acceptors (Lipinski definition) is 7. The Kier molecular flexibility index (Phi) is 6.30. The van der Waals surface area contributed by atoms with Crippen LogP contribution >= 0.6 is 0 Å². The van der Waals surface area contributed by atoms with Crippen LogP contribution < -0.4 is 10.1 Å². The van der Waals surface area contributed by atoms with E-state index in [1.807, 2.05) is 0 Å². The van der Waals surface area contributed by atoms with Crippen molar-refractivity contribution >= 4 is 17.3 Å². The highest BCUT2D eigenvalue weighted by Gasteiger charge is 2.18. The van der Waals surface area contributed by atoms with Crippen molar-refractivity contribution in [2.75, 3.05) is 25.6 Å². The highest BCUT2D eigenvalue weighted by Crippen LogP contribution is 2.24. The van der Waals surface area contributed by atoms with Crippen LogP contribution in [-0.4, -0.2) is 36.3 Å². The van der Waals surface area contributed by atoms with Crippen molar-refractivity contribution in [3.05, 3.63) is 63.7 Å². The van der Waals surface area contributed by atoms with Crippen molar-refractivity contribution in [3.8, 4) is 5.75 Å². The summed E-state index contributed by atoms with van der Waals surface area (Å²) >= 11 is 0. The number of nitro benzene ring substituents is 1. The van der Waals surface area contributed by atoms with E-state index < -0.39 is 10.9 Å². The second-order valence-electron chi connectivity index (χ2n) is 5.03. The second kappa shape index (κ2) is 8.65. The number of carbonyl (C=O) groups excluding carboxylic acids is 1. The van der Waals surface area contributed by atoms with Gasteiger partial charge in [-0.3, -0.25) is 10.1 Å². The number of ether oxygens (including phenoxy) is 2. The van der Waals surface area contributed by atoms with E-state index in [9.17, 15) is 14.9 Å². The van der Waals surface area contributed by atoms with Gasteiger partial charge in [0.05, 0.1) is 24.2 Å². The molecule has 0 aliphatic heterocycles. The lowest BCUT2D eigenvalue weighted by Gasteiger charge is -2.12. The van der Waals surface area contributed by atoms with Crippen LogP contribution in [0.15, 0.2) is 42.5 Å². The Morgan fingerprint density at radius 2 is 2.04 bits per heavy atom. The van der Waals surface area contributed by atoms with E-state index in [1.54, 1.807) is 24.3 Å². The number of rotatable bonds is 8. The lowest BCUT2D eigenvalue weighted by atomic mass is 10.1. The third-order valence-electron chi connectivity index (χ3n) is 3.41. The predicted molar refractivity (Wildman–Crippen MR) is 90.8 cm³/mol. The minimum Gasteiger partial charge on any atom is -0.496 e. The van der Waals surface area contributed by atoms with E-state index in [0.29, 0.717) is 17.0 Å². The van der Waals surface area contributed by atoms with Gasteiger partial charge in [0.1, 0.15) is 12.4 Å². The van der Waals surface area contributed by atoms with Gasteiger partial charge >= 0.3 is 5.97 Å². The van der Waals surface area contributed by atoms with Gasteiger partial charge in [-0.25, -0.2) is 4.79 Å². The Bertz CT molecular complexity index is 763. The molecule has 2 N–H and O–H groups in total. The minimum atomic E-state index is -0.713. The number of nitro groups is 1. The number of esters is 1. The number of aliphatic hydroxyl groups excluding tert-OH is 1. The Balaban J connectivity index is 2.21. The van der Waals surface area contributed by atoms with E-state index in [0.717, 1.165) is 6.07 Å². The second-order valence-corrected chi connectivity index (χ2v) is 5.03. The van der Waals surface area contributed by atoms with Crippen molar-refractivity contribution in [1.29, 1.82) is 0 Å². The van der Waals surface area contributed by atoms with Crippen LogP contribution in [0, 0.1) is 10.1 Å². The summed E-state index contributed by atoms with van der Waals surface area (Å²) in [4.78, 5) is 22.7. The average Bonchev–Trinajstić information content (AvgIpc) is 2.64. The molecule has 0 fully saturated rings. The van der Waals surface area contributed by atoms with Crippen LogP contribution in [-0.2, 0) is 11.3 Å². The molecule has 2 aromatic rings. The van der Waals surface area contributed by atoms with Crippen molar-refractivity contribution in [2.24, 2.45) is 0 Å². The predicted octanol–water partition coefficient (Wildman–Crippen LogP) is 2.36. The molecule has 2 rings (SSSR count). The Morgan fingerprint density at radius 1 is 1.28 bits per heavy atom. The Labute approximate surface area is 144 Å². The highest BCUT2D eigenvalue weighted by atomic mass is 16.6. The molecule has 2 aromatic carbocycles. The molecule has 0 aliphatic carbocycles. The van der Waals surface area contributed by atoms with Gasteiger partial charge < -0.3 is 19.9 Å². The third kappa shape index (κ3) is 4.67. The summed E-state index contributed by atoms with van der Waals surface area (Å²) in [6.07, 6.45) is 0. The van der Waals surface area contributed by atoms with Gasteiger partial charge in [0, 0.05) is 29.9 Å². The quantitative estimate of drug-likeness (QED) is 0.429. The number of hydrogen-bond donors (Lipinski definition) is 2. The highest BCUT2D eigenvalue weighted by molar-refractivity contribution is 5.96. The fourth-order valence-corrected chi connectivity index (χ4v) is 2.20. The Morgan fingerprint density at radius 3 is 2.72 bits per heavy atom. The summed E-state index contributed by atoms with van der Waals surface area (Å²) in [5, 5.41) is 22.7. The number of benzene rings is 2. The number of para-hydroxylation sites is 1. The van der Waals surface area contributed by atoms with E-state index >= 15 is 0 Å². The monoisotopic (exact) mass is 346 g/mol. The van der Waals surface area contributed by atoms with Gasteiger partial charge in [-0.2, -0.15) is 0 Å². The van der Waals surface area contributed by atoms with E-state index in [2.05, 4.69) is 5.32 Å². The summed E-state index contributed by atoms with van der Waals surface area (Å²) < 4.78 is 10.5. The number of non-ortho nitro benzene ring substituents is 1. The van der Waals surface area contributed by atoms with Gasteiger partial charge in [0.15, 0.2) is 0 Å². The van der Waals surface area contributed by atoms with E-state index in [1.165, 1.54) is 19.2 Å². The molecule has 0 saturated heterocycles. The van der Waals surface area contributed by atoms with Gasteiger partial charge in [-0.1, -0.05) is 18.2 Å². The summed E-state index contributed by atoms with van der Waals surface area (Å²) in [7, 11) is 1.51. The first-order valence-corrected chi connectivity index (χ1v) is 7.49. The number of nitrogens with one attached hydrogen (secondary N) is 1. The van der Waals surface area contributed by atoms with Crippen LogP contribution in [0.25, 0.3) is 0 Å². The number of aliphatic hydroxyl groups is 1. The molecular weight excluding hydrogens is 328 g/mol. The molecule has 0 unspecified atom stereocenters. The van der Waals surface area contributed by atoms with Crippen LogP contribution in [0.2, 0.25) is 0 Å². The number of carbonyl (C=O) groups is 1. The molecule has 25 heavy (non-hydrogen) atoms. The molecule has 0 aliphatic rings. The molecule has 0 heterocycles. The number of methoxy groups -OCH3 is 1. The van der Waals surface area contributed by atoms with Crippen molar-refractivity contribution in [1.82, 2.24) is 0 Å². The molecule has 0 aromatic heterocycles. The zero-order valence-corrected chi connectivity index (χ0v) is 13.6. The van der Waals surface area contributed by atoms with E-state index in [-0.39, 0.29) is 31.0 Å². The lowest BCUT2D eigenvalue weighted by Crippen LogP contribution is -2.13. The fourth-order valence-electron chi connectivity index (χ4n) is 2.20. The van der Waals surface area contributed by atoms with Crippen LogP contribution in [0.4, 0.5) is 11.4 Å². The summed E-state index contributed by atoms with van der Waals surface area (Å²) in [5.41, 5.74) is 0.828. The number of anilines is 1. The first-order valence-electron chi connectivity index (χ1n) is 7.49. The standard InChI is InChI=1S/C17H18N2O6/c1-24-16-5-3-2-4-12(16)11-25-17(21)14-10-13(19(22)23)6-7-15(14)18-8-9-20/h2-7,10,18,20H,8-9,11H2,1H3. The first kappa shape index (κ1) is 18.2. The Hall–Kier alpha value is -3.13. The minimum absolute atomic E-state index is 0.0255. The molecule has 8 heteroatoms. The van der Waals surface area contributed by atoms with Gasteiger partial charge in [0.2, 0.25) is 0 Å². The smallest absolute Gasteiger partial charge is 0.340 e. The summed E-state index contributed by atoms with van der Waals surface area (Å²) in [6, 6.07) is 10.9. The topological polar surface area (TPSA) is 111 Å². The average molecular weight is 346 g/mol. The largest absolute Gasteiger partial charge is 0.496 e. The van der Waals surface area contributed by atoms with Crippen molar-refractivity contribution < 1.29 is 24.3 Å². The maximum Gasteiger partial charge on any atom is 0.340 e. The maximum absolute atomic E-state index is 12.4. The van der Waals surface area contributed by atoms with Gasteiger partial charge in [-0.15, -0.1) is 0 Å². The zero-order chi connectivity index (χ0) is 18.2. The fraction of sp³-hybridized carbons (Fsp3) is 0.235. The van der Waals surface area contributed by atoms with Gasteiger partial charge in [-0.05, 0) is 12.1 Å². The third-order valence-corrected chi connectivity index (χ3v) is 3.41. The van der Waals surface area contributed by atoms with E-state index in [4.69, 9.17) is 14.6 Å². The summed E-state index contributed by atoms with van der Waals surface area (Å²) in [5.74, 6) is -0.136.